The first-order chi connectivity index (χ1) is 20.1. The Morgan fingerprint density at radius 3 is 2.10 bits per heavy atom. The van der Waals surface area contributed by atoms with Gasteiger partial charge in [0.05, 0.1) is 38.6 Å². The minimum Gasteiger partial charge on any atom is -0.494 e. The molecule has 4 atom stereocenters. The number of rotatable bonds is 12. The molecule has 0 radical (unpaired) electrons. The third-order valence-corrected chi connectivity index (χ3v) is 7.69. The second-order valence-electron chi connectivity index (χ2n) is 10.3. The molecule has 1 N–H and O–H groups in total. The van der Waals surface area contributed by atoms with Gasteiger partial charge in [-0.3, -0.25) is 0 Å². The highest BCUT2D eigenvalue weighted by Gasteiger charge is 2.41. The van der Waals surface area contributed by atoms with E-state index in [9.17, 15) is 5.11 Å². The number of hydrogen-bond donors (Lipinski definition) is 1. The van der Waals surface area contributed by atoms with E-state index in [4.69, 9.17) is 30.5 Å². The molecular weight excluding hydrogens is 536 g/mol. The monoisotopic (exact) mass is 572 g/mol. The van der Waals surface area contributed by atoms with Gasteiger partial charge in [-0.05, 0) is 59.4 Å². The van der Waals surface area contributed by atoms with E-state index in [-0.39, 0.29) is 24.9 Å². The van der Waals surface area contributed by atoms with Crippen molar-refractivity contribution in [2.75, 3.05) is 13.2 Å². The lowest BCUT2D eigenvalue weighted by Crippen LogP contribution is -2.47. The van der Waals surface area contributed by atoms with Gasteiger partial charge in [0.15, 0.2) is 0 Å². The molecule has 0 bridgehead atoms. The molecular formula is C35H37ClO5. The standard InChI is InChI=1S/C35H37ClO5/c1-2-38-30-16-13-25(14-17-30)19-29-20-28(15-18-32(29)36)34-35(40-24-27-11-7-4-8-12-27)33(21-31(22-37)41-34)39-23-26-9-5-3-6-10-26/h3-18,20,31,33-35,37H,2,19,21-24H2,1H3. The molecule has 0 aliphatic carbocycles. The SMILES string of the molecule is CCOc1ccc(Cc2cc(C3OC(CO)CC(OCc4ccccc4)C3OCc3ccccc3)ccc2Cl)cc1. The first-order valence-electron chi connectivity index (χ1n) is 14.2. The van der Waals surface area contributed by atoms with Crippen LogP contribution in [0.15, 0.2) is 103 Å². The number of hydrogen-bond acceptors (Lipinski definition) is 5. The van der Waals surface area contributed by atoms with Crippen molar-refractivity contribution in [2.24, 2.45) is 0 Å². The van der Waals surface area contributed by atoms with Crippen LogP contribution in [0.1, 0.15) is 47.3 Å². The largest absolute Gasteiger partial charge is 0.494 e. The average Bonchev–Trinajstić information content (AvgIpc) is 3.02. The maximum absolute atomic E-state index is 10.2. The molecule has 4 aromatic rings. The fourth-order valence-electron chi connectivity index (χ4n) is 5.21. The van der Waals surface area contributed by atoms with Crippen LogP contribution in [0.2, 0.25) is 5.02 Å². The minimum absolute atomic E-state index is 0.0975. The van der Waals surface area contributed by atoms with Crippen LogP contribution in [-0.4, -0.2) is 36.6 Å². The average molecular weight is 573 g/mol. The molecule has 0 aromatic heterocycles. The normalized spacial score (nSPS) is 20.6. The number of ether oxygens (including phenoxy) is 4. The number of aliphatic hydroxyl groups excluding tert-OH is 1. The molecule has 1 aliphatic rings. The Labute approximate surface area is 247 Å². The van der Waals surface area contributed by atoms with Crippen LogP contribution in [0.4, 0.5) is 0 Å². The number of aliphatic hydroxyl groups is 1. The van der Waals surface area contributed by atoms with Crippen molar-refractivity contribution in [1.82, 2.24) is 0 Å². The van der Waals surface area contributed by atoms with Gasteiger partial charge in [-0.25, -0.2) is 0 Å². The van der Waals surface area contributed by atoms with Crippen molar-refractivity contribution in [3.63, 3.8) is 0 Å². The van der Waals surface area contributed by atoms with Crippen LogP contribution >= 0.6 is 11.6 Å². The number of halogens is 1. The lowest BCUT2D eigenvalue weighted by Gasteiger charge is -2.41. The molecule has 0 spiro atoms. The van der Waals surface area contributed by atoms with Crippen molar-refractivity contribution in [1.29, 1.82) is 0 Å². The van der Waals surface area contributed by atoms with Gasteiger partial charge in [0.2, 0.25) is 0 Å². The summed E-state index contributed by atoms with van der Waals surface area (Å²) in [5.41, 5.74) is 5.23. The highest BCUT2D eigenvalue weighted by molar-refractivity contribution is 6.31. The Kier molecular flexibility index (Phi) is 10.5. The van der Waals surface area contributed by atoms with Crippen LogP contribution in [0.25, 0.3) is 0 Å². The molecule has 1 heterocycles. The van der Waals surface area contributed by atoms with E-state index in [1.165, 1.54) is 0 Å². The molecule has 0 saturated carbocycles. The van der Waals surface area contributed by atoms with Crippen LogP contribution in [0.5, 0.6) is 5.75 Å². The van der Waals surface area contributed by atoms with Crippen molar-refractivity contribution in [3.8, 4) is 5.75 Å². The minimum atomic E-state index is -0.443. The quantitative estimate of drug-likeness (QED) is 0.193. The van der Waals surface area contributed by atoms with Crippen molar-refractivity contribution in [2.45, 2.75) is 57.4 Å². The molecule has 5 nitrogen and oxygen atoms in total. The third kappa shape index (κ3) is 7.97. The van der Waals surface area contributed by atoms with Crippen molar-refractivity contribution >= 4 is 11.6 Å². The van der Waals surface area contributed by atoms with E-state index in [2.05, 4.69) is 18.2 Å². The van der Waals surface area contributed by atoms with E-state index in [0.29, 0.717) is 37.7 Å². The number of benzene rings is 4. The fraction of sp³-hybridized carbons (Fsp3) is 0.314. The summed E-state index contributed by atoms with van der Waals surface area (Å²) in [5, 5.41) is 10.8. The van der Waals surface area contributed by atoms with Crippen molar-refractivity contribution in [3.05, 3.63) is 136 Å². The van der Waals surface area contributed by atoms with Crippen LogP contribution < -0.4 is 4.74 Å². The molecule has 0 amide bonds. The lowest BCUT2D eigenvalue weighted by atomic mass is 9.91. The predicted octanol–water partition coefficient (Wildman–Crippen LogP) is 7.32. The maximum atomic E-state index is 10.2. The summed E-state index contributed by atoms with van der Waals surface area (Å²) < 4.78 is 25.1. The van der Waals surface area contributed by atoms with Crippen LogP contribution in [0, 0.1) is 0 Å². The van der Waals surface area contributed by atoms with E-state index in [1.807, 2.05) is 91.9 Å². The maximum Gasteiger partial charge on any atom is 0.119 e. The Balaban J connectivity index is 1.41. The zero-order valence-corrected chi connectivity index (χ0v) is 24.1. The van der Waals surface area contributed by atoms with E-state index in [1.54, 1.807) is 0 Å². The summed E-state index contributed by atoms with van der Waals surface area (Å²) >= 11 is 6.68. The van der Waals surface area contributed by atoms with Gasteiger partial charge in [-0.15, -0.1) is 0 Å². The Hall–Kier alpha value is -3.19. The van der Waals surface area contributed by atoms with Gasteiger partial charge in [-0.2, -0.15) is 0 Å². The van der Waals surface area contributed by atoms with Crippen molar-refractivity contribution < 1.29 is 24.1 Å². The van der Waals surface area contributed by atoms with Gasteiger partial charge < -0.3 is 24.1 Å². The van der Waals surface area contributed by atoms with Gasteiger partial charge in [-0.1, -0.05) is 96.5 Å². The highest BCUT2D eigenvalue weighted by Crippen LogP contribution is 2.38. The van der Waals surface area contributed by atoms with Gasteiger partial charge in [0, 0.05) is 11.4 Å². The van der Waals surface area contributed by atoms with E-state index in [0.717, 1.165) is 33.6 Å². The molecule has 5 rings (SSSR count). The Morgan fingerprint density at radius 2 is 1.46 bits per heavy atom. The van der Waals surface area contributed by atoms with Gasteiger partial charge in [0.1, 0.15) is 18.0 Å². The molecule has 4 aromatic carbocycles. The Morgan fingerprint density at radius 1 is 0.805 bits per heavy atom. The van der Waals surface area contributed by atoms with Crippen LogP contribution in [0.3, 0.4) is 0 Å². The summed E-state index contributed by atoms with van der Waals surface area (Å²) in [5.74, 6) is 0.849. The zero-order valence-electron chi connectivity index (χ0n) is 23.3. The summed E-state index contributed by atoms with van der Waals surface area (Å²) in [6.45, 7) is 3.38. The fourth-order valence-corrected chi connectivity index (χ4v) is 5.40. The molecule has 4 unspecified atom stereocenters. The van der Waals surface area contributed by atoms with E-state index < -0.39 is 6.10 Å². The second-order valence-corrected chi connectivity index (χ2v) is 10.7. The Bertz CT molecular complexity index is 1350. The predicted molar refractivity (Wildman–Crippen MR) is 161 cm³/mol. The molecule has 1 aliphatic heterocycles. The third-order valence-electron chi connectivity index (χ3n) is 7.32. The molecule has 1 saturated heterocycles. The summed E-state index contributed by atoms with van der Waals surface area (Å²) in [7, 11) is 0. The second kappa shape index (κ2) is 14.6. The smallest absolute Gasteiger partial charge is 0.119 e. The lowest BCUT2D eigenvalue weighted by molar-refractivity contribution is -0.216. The molecule has 214 valence electrons. The molecule has 41 heavy (non-hydrogen) atoms. The molecule has 6 heteroatoms. The van der Waals surface area contributed by atoms with Gasteiger partial charge in [0.25, 0.3) is 0 Å². The first-order valence-corrected chi connectivity index (χ1v) is 14.6. The van der Waals surface area contributed by atoms with E-state index >= 15 is 0 Å². The topological polar surface area (TPSA) is 57.2 Å². The van der Waals surface area contributed by atoms with Crippen LogP contribution in [-0.2, 0) is 33.8 Å². The zero-order chi connectivity index (χ0) is 28.4. The molecule has 1 fully saturated rings. The summed E-state index contributed by atoms with van der Waals surface area (Å²) in [4.78, 5) is 0. The summed E-state index contributed by atoms with van der Waals surface area (Å²) in [6.07, 6.45) is -0.282. The first kappa shape index (κ1) is 29.3. The van der Waals surface area contributed by atoms with Gasteiger partial charge >= 0.3 is 0 Å². The summed E-state index contributed by atoms with van der Waals surface area (Å²) in [6, 6.07) is 34.3. The highest BCUT2D eigenvalue weighted by atomic mass is 35.5.